The van der Waals surface area contributed by atoms with Gasteiger partial charge in [-0.2, -0.15) is 12.6 Å². The molecule has 0 radical (unpaired) electrons. The van der Waals surface area contributed by atoms with Gasteiger partial charge in [-0.05, 0) is 14.0 Å². The molecule has 0 bridgehead atoms. The van der Waals surface area contributed by atoms with Crippen molar-refractivity contribution in [2.45, 2.75) is 12.3 Å². The first-order valence-corrected chi connectivity index (χ1v) is 4.58. The van der Waals surface area contributed by atoms with Gasteiger partial charge < -0.3 is 4.90 Å². The monoisotopic (exact) mass is 175 g/mol. The number of hydrazine groups is 1. The van der Waals surface area contributed by atoms with E-state index in [1.54, 1.807) is 0 Å². The van der Waals surface area contributed by atoms with Crippen LogP contribution in [0.3, 0.4) is 0 Å². The Kier molecular flexibility index (Phi) is 3.65. The highest BCUT2D eigenvalue weighted by Crippen LogP contribution is 1.97. The van der Waals surface area contributed by atoms with Crippen LogP contribution in [0, 0.1) is 0 Å². The van der Waals surface area contributed by atoms with Gasteiger partial charge in [0.05, 0.1) is 5.37 Å². The molecular weight excluding hydrogens is 158 g/mol. The van der Waals surface area contributed by atoms with Gasteiger partial charge in [-0.15, -0.1) is 0 Å². The fourth-order valence-electron chi connectivity index (χ4n) is 1.20. The van der Waals surface area contributed by atoms with Crippen LogP contribution in [0.1, 0.15) is 6.92 Å². The summed E-state index contributed by atoms with van der Waals surface area (Å²) in [4.78, 5) is 2.33. The second kappa shape index (κ2) is 4.30. The van der Waals surface area contributed by atoms with E-state index in [4.69, 9.17) is 0 Å². The van der Waals surface area contributed by atoms with Crippen molar-refractivity contribution in [2.75, 3.05) is 33.2 Å². The van der Waals surface area contributed by atoms with Gasteiger partial charge >= 0.3 is 0 Å². The number of likely N-dealkylation sites (N-methyl/N-ethyl adjacent to an activating group) is 1. The van der Waals surface area contributed by atoms with Crippen LogP contribution in [0.5, 0.6) is 0 Å². The lowest BCUT2D eigenvalue weighted by Gasteiger charge is -2.33. The largest absolute Gasteiger partial charge is 0.304 e. The molecule has 3 nitrogen and oxygen atoms in total. The fraction of sp³-hybridized carbons (Fsp3) is 1.00. The van der Waals surface area contributed by atoms with Crippen LogP contribution in [0.25, 0.3) is 0 Å². The van der Waals surface area contributed by atoms with E-state index in [9.17, 15) is 0 Å². The van der Waals surface area contributed by atoms with Crippen LogP contribution in [-0.4, -0.2) is 48.5 Å². The number of rotatable bonds is 2. The highest BCUT2D eigenvalue weighted by Gasteiger charge is 2.13. The summed E-state index contributed by atoms with van der Waals surface area (Å²) < 4.78 is 0. The van der Waals surface area contributed by atoms with Gasteiger partial charge in [-0.3, -0.25) is 0 Å². The smallest absolute Gasteiger partial charge is 0.0610 e. The molecule has 0 aromatic heterocycles. The summed E-state index contributed by atoms with van der Waals surface area (Å²) in [6, 6.07) is 0. The molecule has 0 aromatic carbocycles. The van der Waals surface area contributed by atoms with Gasteiger partial charge in [0.15, 0.2) is 0 Å². The molecular formula is C7H17N3S. The molecule has 1 N–H and O–H groups in total. The Morgan fingerprint density at radius 1 is 1.27 bits per heavy atom. The highest BCUT2D eigenvalue weighted by atomic mass is 32.1. The Labute approximate surface area is 74.1 Å². The second-order valence-electron chi connectivity index (χ2n) is 3.10. The van der Waals surface area contributed by atoms with Crippen LogP contribution < -0.4 is 5.43 Å². The summed E-state index contributed by atoms with van der Waals surface area (Å²) in [7, 11) is 2.15. The van der Waals surface area contributed by atoms with Crippen molar-refractivity contribution in [1.82, 2.24) is 15.3 Å². The van der Waals surface area contributed by atoms with E-state index in [1.807, 2.05) is 6.92 Å². The lowest BCUT2D eigenvalue weighted by atomic mass is 10.4. The predicted octanol–water partition coefficient (Wildman–Crippen LogP) is 0.0142. The molecule has 1 fully saturated rings. The SMILES string of the molecule is CC(S)NN1CCN(C)CC1. The summed E-state index contributed by atoms with van der Waals surface area (Å²) in [5.74, 6) is 0. The van der Waals surface area contributed by atoms with E-state index in [0.717, 1.165) is 26.2 Å². The Morgan fingerprint density at radius 3 is 2.27 bits per heavy atom. The molecule has 66 valence electrons. The van der Waals surface area contributed by atoms with E-state index in [1.165, 1.54) is 0 Å². The molecule has 0 aromatic rings. The van der Waals surface area contributed by atoms with Crippen molar-refractivity contribution in [1.29, 1.82) is 0 Å². The van der Waals surface area contributed by atoms with Crippen molar-refractivity contribution in [2.24, 2.45) is 0 Å². The zero-order valence-corrected chi connectivity index (χ0v) is 8.14. The van der Waals surface area contributed by atoms with Gasteiger partial charge in [0, 0.05) is 26.2 Å². The minimum absolute atomic E-state index is 0.262. The number of nitrogens with zero attached hydrogens (tertiary/aromatic N) is 2. The molecule has 0 amide bonds. The Morgan fingerprint density at radius 2 is 1.82 bits per heavy atom. The molecule has 1 aliphatic heterocycles. The number of nitrogens with one attached hydrogen (secondary N) is 1. The molecule has 0 saturated carbocycles. The van der Waals surface area contributed by atoms with Crippen LogP contribution in [0.4, 0.5) is 0 Å². The summed E-state index contributed by atoms with van der Waals surface area (Å²) in [6.45, 7) is 6.53. The molecule has 1 unspecified atom stereocenters. The fourth-order valence-corrected chi connectivity index (χ4v) is 1.36. The van der Waals surface area contributed by atoms with Gasteiger partial charge in [-0.25, -0.2) is 10.4 Å². The van der Waals surface area contributed by atoms with Crippen molar-refractivity contribution in [3.05, 3.63) is 0 Å². The first kappa shape index (κ1) is 9.32. The molecule has 0 spiro atoms. The maximum Gasteiger partial charge on any atom is 0.0610 e. The average molecular weight is 175 g/mol. The summed E-state index contributed by atoms with van der Waals surface area (Å²) in [5, 5.41) is 2.50. The van der Waals surface area contributed by atoms with Crippen molar-refractivity contribution < 1.29 is 0 Å². The van der Waals surface area contributed by atoms with Gasteiger partial charge in [0.25, 0.3) is 0 Å². The Balaban J connectivity index is 2.17. The van der Waals surface area contributed by atoms with Crippen LogP contribution in [0.15, 0.2) is 0 Å². The van der Waals surface area contributed by atoms with Crippen LogP contribution in [0.2, 0.25) is 0 Å². The number of piperazine rings is 1. The third kappa shape index (κ3) is 3.42. The molecule has 0 aliphatic carbocycles. The summed E-state index contributed by atoms with van der Waals surface area (Å²) in [6.07, 6.45) is 0. The lowest BCUT2D eigenvalue weighted by Crippen LogP contribution is -2.52. The van der Waals surface area contributed by atoms with Gasteiger partial charge in [-0.1, -0.05) is 0 Å². The van der Waals surface area contributed by atoms with E-state index in [2.05, 4.69) is 35.0 Å². The summed E-state index contributed by atoms with van der Waals surface area (Å²) >= 11 is 4.26. The Bertz CT molecular complexity index is 110. The topological polar surface area (TPSA) is 18.5 Å². The van der Waals surface area contributed by atoms with Gasteiger partial charge in [0.2, 0.25) is 0 Å². The minimum Gasteiger partial charge on any atom is -0.304 e. The zero-order valence-electron chi connectivity index (χ0n) is 7.25. The predicted molar refractivity (Wildman–Crippen MR) is 50.7 cm³/mol. The molecule has 1 aliphatic rings. The highest BCUT2D eigenvalue weighted by molar-refractivity contribution is 7.80. The van der Waals surface area contributed by atoms with Gasteiger partial charge in [0.1, 0.15) is 0 Å². The second-order valence-corrected chi connectivity index (χ2v) is 3.87. The molecule has 11 heavy (non-hydrogen) atoms. The van der Waals surface area contributed by atoms with Crippen LogP contribution >= 0.6 is 12.6 Å². The third-order valence-corrected chi connectivity index (χ3v) is 1.99. The molecule has 1 saturated heterocycles. The maximum absolute atomic E-state index is 4.26. The zero-order chi connectivity index (χ0) is 8.27. The van der Waals surface area contributed by atoms with Crippen molar-refractivity contribution in [3.8, 4) is 0 Å². The lowest BCUT2D eigenvalue weighted by molar-refractivity contribution is 0.103. The minimum atomic E-state index is 0.262. The van der Waals surface area contributed by atoms with E-state index < -0.39 is 0 Å². The third-order valence-electron chi connectivity index (χ3n) is 1.87. The Hall–Kier alpha value is 0.230. The maximum atomic E-state index is 4.26. The quantitative estimate of drug-likeness (QED) is 0.455. The van der Waals surface area contributed by atoms with Crippen LogP contribution in [-0.2, 0) is 0 Å². The molecule has 1 atom stereocenters. The first-order chi connectivity index (χ1) is 5.18. The van der Waals surface area contributed by atoms with Crippen molar-refractivity contribution >= 4 is 12.6 Å². The first-order valence-electron chi connectivity index (χ1n) is 4.06. The summed E-state index contributed by atoms with van der Waals surface area (Å²) in [5.41, 5.74) is 3.27. The van der Waals surface area contributed by atoms with Crippen molar-refractivity contribution in [3.63, 3.8) is 0 Å². The number of hydrogen-bond donors (Lipinski definition) is 2. The average Bonchev–Trinajstić information content (AvgIpc) is 1.93. The number of thiol groups is 1. The molecule has 1 heterocycles. The van der Waals surface area contributed by atoms with E-state index >= 15 is 0 Å². The number of hydrogen-bond acceptors (Lipinski definition) is 4. The normalized spacial score (nSPS) is 25.4. The van der Waals surface area contributed by atoms with E-state index in [-0.39, 0.29) is 5.37 Å². The standard InChI is InChI=1S/C7H17N3S/c1-7(11)8-10-5-3-9(2)4-6-10/h7-8,11H,3-6H2,1-2H3. The molecule has 4 heteroatoms. The molecule has 1 rings (SSSR count). The van der Waals surface area contributed by atoms with E-state index in [0.29, 0.717) is 0 Å².